The molecule has 5 nitrogen and oxygen atoms in total. The summed E-state index contributed by atoms with van der Waals surface area (Å²) in [7, 11) is 0. The van der Waals surface area contributed by atoms with Gasteiger partial charge in [0.05, 0.1) is 0 Å². The third-order valence-electron chi connectivity index (χ3n) is 4.25. The van der Waals surface area contributed by atoms with Crippen molar-refractivity contribution in [3.05, 3.63) is 0 Å². The van der Waals surface area contributed by atoms with Crippen LogP contribution in [-0.2, 0) is 4.79 Å². The van der Waals surface area contributed by atoms with E-state index in [9.17, 15) is 9.59 Å². The minimum atomic E-state index is -0.827. The average Bonchev–Trinajstić information content (AvgIpc) is 2.36. The predicted octanol–water partition coefficient (Wildman–Crippen LogP) is 2.22. The van der Waals surface area contributed by atoms with Gasteiger partial charge in [0.1, 0.15) is 0 Å². The number of carboxylic acids is 1. The van der Waals surface area contributed by atoms with Crippen LogP contribution < -0.4 is 10.6 Å². The highest BCUT2D eigenvalue weighted by Crippen LogP contribution is 2.33. The van der Waals surface area contributed by atoms with Crippen LogP contribution in [0.5, 0.6) is 0 Å². The number of amides is 2. The van der Waals surface area contributed by atoms with Crippen molar-refractivity contribution in [2.45, 2.75) is 46.0 Å². The standard InChI is InChI=1S/C14H26N2O3/c1-10-5-3-6-12(11(10)2)9-16-14(19)15-8-4-7-13(17)18/h10-12H,3-9H2,1-2H3,(H,17,18)(H2,15,16,19). The third kappa shape index (κ3) is 5.94. The van der Waals surface area contributed by atoms with Crippen LogP contribution in [-0.4, -0.2) is 30.2 Å². The Bertz CT molecular complexity index is 307. The van der Waals surface area contributed by atoms with Gasteiger partial charge in [-0.15, -0.1) is 0 Å². The minimum Gasteiger partial charge on any atom is -0.481 e. The van der Waals surface area contributed by atoms with E-state index in [1.807, 2.05) is 0 Å². The zero-order valence-electron chi connectivity index (χ0n) is 11.9. The summed E-state index contributed by atoms with van der Waals surface area (Å²) in [4.78, 5) is 21.9. The summed E-state index contributed by atoms with van der Waals surface area (Å²) in [5.41, 5.74) is 0. The van der Waals surface area contributed by atoms with Crippen LogP contribution in [0.1, 0.15) is 46.0 Å². The summed E-state index contributed by atoms with van der Waals surface area (Å²) >= 11 is 0. The van der Waals surface area contributed by atoms with Gasteiger partial charge in [-0.25, -0.2) is 4.79 Å². The normalized spacial score (nSPS) is 26.7. The molecule has 0 heterocycles. The molecule has 110 valence electrons. The number of nitrogens with one attached hydrogen (secondary N) is 2. The first kappa shape index (κ1) is 15.8. The van der Waals surface area contributed by atoms with Gasteiger partial charge in [-0.05, 0) is 30.6 Å². The Morgan fingerprint density at radius 3 is 2.63 bits per heavy atom. The number of urea groups is 1. The van der Waals surface area contributed by atoms with Crippen molar-refractivity contribution >= 4 is 12.0 Å². The average molecular weight is 270 g/mol. The Labute approximate surface area is 115 Å². The van der Waals surface area contributed by atoms with E-state index in [0.717, 1.165) is 12.5 Å². The molecule has 1 rings (SSSR count). The molecular weight excluding hydrogens is 244 g/mol. The van der Waals surface area contributed by atoms with Crippen molar-refractivity contribution in [3.8, 4) is 0 Å². The number of rotatable bonds is 6. The van der Waals surface area contributed by atoms with E-state index in [4.69, 9.17) is 5.11 Å². The fourth-order valence-corrected chi connectivity index (χ4v) is 2.71. The predicted molar refractivity (Wildman–Crippen MR) is 73.9 cm³/mol. The smallest absolute Gasteiger partial charge is 0.314 e. The fraction of sp³-hybridized carbons (Fsp3) is 0.857. The number of aliphatic carboxylic acids is 1. The van der Waals surface area contributed by atoms with Crippen LogP contribution in [0, 0.1) is 17.8 Å². The highest BCUT2D eigenvalue weighted by Gasteiger charge is 2.26. The first-order valence-electron chi connectivity index (χ1n) is 7.24. The molecule has 0 spiro atoms. The van der Waals surface area contributed by atoms with Crippen LogP contribution in [0.15, 0.2) is 0 Å². The lowest BCUT2D eigenvalue weighted by molar-refractivity contribution is -0.137. The van der Waals surface area contributed by atoms with E-state index in [1.54, 1.807) is 0 Å². The minimum absolute atomic E-state index is 0.0947. The maximum atomic E-state index is 11.5. The quantitative estimate of drug-likeness (QED) is 0.648. The molecule has 0 radical (unpaired) electrons. The molecule has 1 fully saturated rings. The zero-order valence-corrected chi connectivity index (χ0v) is 11.9. The van der Waals surface area contributed by atoms with Crippen molar-refractivity contribution in [1.82, 2.24) is 10.6 Å². The molecule has 0 saturated heterocycles. The maximum Gasteiger partial charge on any atom is 0.314 e. The van der Waals surface area contributed by atoms with Crippen molar-refractivity contribution < 1.29 is 14.7 Å². The van der Waals surface area contributed by atoms with E-state index in [1.165, 1.54) is 19.3 Å². The first-order chi connectivity index (χ1) is 9.00. The third-order valence-corrected chi connectivity index (χ3v) is 4.25. The van der Waals surface area contributed by atoms with E-state index >= 15 is 0 Å². The largest absolute Gasteiger partial charge is 0.481 e. The molecule has 0 aliphatic heterocycles. The molecule has 19 heavy (non-hydrogen) atoms. The maximum absolute atomic E-state index is 11.5. The number of hydrogen-bond acceptors (Lipinski definition) is 2. The van der Waals surface area contributed by atoms with Gasteiger partial charge in [-0.1, -0.05) is 26.7 Å². The molecule has 1 aliphatic carbocycles. The molecule has 5 heteroatoms. The second-order valence-electron chi connectivity index (χ2n) is 5.66. The monoisotopic (exact) mass is 270 g/mol. The molecule has 0 aromatic rings. The highest BCUT2D eigenvalue weighted by molar-refractivity contribution is 5.73. The van der Waals surface area contributed by atoms with Gasteiger partial charge in [0.15, 0.2) is 0 Å². The second kappa shape index (κ2) is 8.02. The molecule has 1 aliphatic rings. The van der Waals surface area contributed by atoms with E-state index in [-0.39, 0.29) is 12.5 Å². The Morgan fingerprint density at radius 1 is 1.21 bits per heavy atom. The Kier molecular flexibility index (Phi) is 6.67. The van der Waals surface area contributed by atoms with Crippen LogP contribution in [0.4, 0.5) is 4.79 Å². The number of carbonyl (C=O) groups excluding carboxylic acids is 1. The van der Waals surface area contributed by atoms with E-state index in [2.05, 4.69) is 24.5 Å². The number of carbonyl (C=O) groups is 2. The van der Waals surface area contributed by atoms with Gasteiger partial charge < -0.3 is 15.7 Å². The van der Waals surface area contributed by atoms with Gasteiger partial charge in [0.25, 0.3) is 0 Å². The Balaban J connectivity index is 2.13. The molecular formula is C14H26N2O3. The topological polar surface area (TPSA) is 78.4 Å². The fourth-order valence-electron chi connectivity index (χ4n) is 2.71. The molecule has 3 unspecified atom stereocenters. The van der Waals surface area contributed by atoms with Gasteiger partial charge in [0.2, 0.25) is 0 Å². The molecule has 0 aromatic heterocycles. The molecule has 3 atom stereocenters. The SMILES string of the molecule is CC1CCCC(CNC(=O)NCCCC(=O)O)C1C. The zero-order chi connectivity index (χ0) is 14.3. The Morgan fingerprint density at radius 2 is 1.95 bits per heavy atom. The van der Waals surface area contributed by atoms with Gasteiger partial charge in [0, 0.05) is 19.5 Å². The summed E-state index contributed by atoms with van der Waals surface area (Å²) in [5.74, 6) is 1.13. The lowest BCUT2D eigenvalue weighted by Crippen LogP contribution is -2.41. The summed E-state index contributed by atoms with van der Waals surface area (Å²) < 4.78 is 0. The van der Waals surface area contributed by atoms with Gasteiger partial charge >= 0.3 is 12.0 Å². The van der Waals surface area contributed by atoms with Crippen LogP contribution in [0.2, 0.25) is 0 Å². The van der Waals surface area contributed by atoms with Gasteiger partial charge in [-0.3, -0.25) is 4.79 Å². The molecule has 1 saturated carbocycles. The van der Waals surface area contributed by atoms with E-state index in [0.29, 0.717) is 24.8 Å². The summed E-state index contributed by atoms with van der Waals surface area (Å²) in [6.45, 7) is 5.68. The Hall–Kier alpha value is -1.26. The van der Waals surface area contributed by atoms with Crippen LogP contribution >= 0.6 is 0 Å². The number of hydrogen-bond donors (Lipinski definition) is 3. The van der Waals surface area contributed by atoms with Crippen LogP contribution in [0.3, 0.4) is 0 Å². The van der Waals surface area contributed by atoms with Crippen LogP contribution in [0.25, 0.3) is 0 Å². The van der Waals surface area contributed by atoms with Crippen molar-refractivity contribution in [2.24, 2.45) is 17.8 Å². The lowest BCUT2D eigenvalue weighted by Gasteiger charge is -2.34. The van der Waals surface area contributed by atoms with Crippen molar-refractivity contribution in [2.75, 3.05) is 13.1 Å². The molecule has 0 bridgehead atoms. The van der Waals surface area contributed by atoms with Crippen molar-refractivity contribution in [3.63, 3.8) is 0 Å². The summed E-state index contributed by atoms with van der Waals surface area (Å²) in [6.07, 6.45) is 4.29. The number of carboxylic acid groups (broad SMARTS) is 1. The molecule has 3 N–H and O–H groups in total. The van der Waals surface area contributed by atoms with Crippen molar-refractivity contribution in [1.29, 1.82) is 0 Å². The highest BCUT2D eigenvalue weighted by atomic mass is 16.4. The molecule has 2 amide bonds. The van der Waals surface area contributed by atoms with E-state index < -0.39 is 5.97 Å². The lowest BCUT2D eigenvalue weighted by atomic mass is 9.74. The first-order valence-corrected chi connectivity index (χ1v) is 7.24. The second-order valence-corrected chi connectivity index (χ2v) is 5.66. The summed E-state index contributed by atoms with van der Waals surface area (Å²) in [6, 6.07) is -0.184. The molecule has 0 aromatic carbocycles. The van der Waals surface area contributed by atoms with Gasteiger partial charge in [-0.2, -0.15) is 0 Å². The summed E-state index contributed by atoms with van der Waals surface area (Å²) in [5, 5.41) is 14.1.